The predicted octanol–water partition coefficient (Wildman–Crippen LogP) is 5.31. The van der Waals surface area contributed by atoms with E-state index in [2.05, 4.69) is 25.0 Å². The predicted molar refractivity (Wildman–Crippen MR) is 141 cm³/mol. The molecule has 0 N–H and O–H groups in total. The number of benzene rings is 3. The van der Waals surface area contributed by atoms with Gasteiger partial charge >= 0.3 is 6.36 Å². The summed E-state index contributed by atoms with van der Waals surface area (Å²) in [6.45, 7) is 0. The first-order valence-corrected chi connectivity index (χ1v) is 12.4. The molecule has 13 heteroatoms. The van der Waals surface area contributed by atoms with E-state index in [0.29, 0.717) is 28.1 Å². The monoisotopic (exact) mass is 552 g/mol. The lowest BCUT2D eigenvalue weighted by Gasteiger charge is -2.17. The van der Waals surface area contributed by atoms with Crippen LogP contribution in [0.3, 0.4) is 0 Å². The van der Waals surface area contributed by atoms with E-state index in [-0.39, 0.29) is 17.4 Å². The minimum absolute atomic E-state index is 0.111. The lowest BCUT2D eigenvalue weighted by atomic mass is 10.1. The van der Waals surface area contributed by atoms with E-state index in [1.165, 1.54) is 51.9 Å². The fourth-order valence-electron chi connectivity index (χ4n) is 3.67. The van der Waals surface area contributed by atoms with Crippen molar-refractivity contribution in [2.45, 2.75) is 6.36 Å². The van der Waals surface area contributed by atoms with Crippen molar-refractivity contribution in [2.24, 2.45) is 10.2 Å². The molecule has 1 fully saturated rings. The van der Waals surface area contributed by atoms with Gasteiger partial charge in [-0.1, -0.05) is 48.2 Å². The highest BCUT2D eigenvalue weighted by molar-refractivity contribution is 8.15. The molecular weight excluding hydrogens is 533 g/mol. The number of anilines is 1. The number of aromatic nitrogens is 3. The number of amides is 1. The van der Waals surface area contributed by atoms with Gasteiger partial charge in [0.05, 0.1) is 30.5 Å². The lowest BCUT2D eigenvalue weighted by Crippen LogP contribution is -2.29. The number of hydrogen-bond acceptors (Lipinski definition) is 8. The average Bonchev–Trinajstić information content (AvgIpc) is 3.56. The largest absolute Gasteiger partial charge is 0.573 e. The highest BCUT2D eigenvalue weighted by Crippen LogP contribution is 2.34. The molecule has 9 nitrogen and oxygen atoms in total. The Hall–Kier alpha value is -4.65. The number of ether oxygens (including phenoxy) is 2. The van der Waals surface area contributed by atoms with Crippen LogP contribution in [-0.4, -0.2) is 51.3 Å². The van der Waals surface area contributed by atoms with Gasteiger partial charge in [-0.25, -0.2) is 9.67 Å². The van der Waals surface area contributed by atoms with Crippen molar-refractivity contribution in [2.75, 3.05) is 17.8 Å². The average molecular weight is 553 g/mol. The molecule has 0 radical (unpaired) electrons. The first kappa shape index (κ1) is 26.0. The summed E-state index contributed by atoms with van der Waals surface area (Å²) < 4.78 is 47.8. The molecule has 0 spiro atoms. The van der Waals surface area contributed by atoms with E-state index < -0.39 is 6.36 Å². The van der Waals surface area contributed by atoms with E-state index in [4.69, 9.17) is 4.74 Å². The third-order valence-electron chi connectivity index (χ3n) is 5.44. The van der Waals surface area contributed by atoms with Crippen molar-refractivity contribution in [3.63, 3.8) is 0 Å². The van der Waals surface area contributed by atoms with Crippen LogP contribution in [0.15, 0.2) is 89.3 Å². The molecule has 1 aromatic heterocycles. The third kappa shape index (κ3) is 6.09. The van der Waals surface area contributed by atoms with Gasteiger partial charge in [0.2, 0.25) is 5.91 Å². The number of para-hydroxylation sites is 2. The second kappa shape index (κ2) is 11.0. The quantitative estimate of drug-likeness (QED) is 0.228. The fourth-order valence-corrected chi connectivity index (χ4v) is 4.49. The Labute approximate surface area is 224 Å². The first-order chi connectivity index (χ1) is 18.8. The van der Waals surface area contributed by atoms with Gasteiger partial charge in [0, 0.05) is 5.56 Å². The maximum atomic E-state index is 12.5. The molecule has 5 rings (SSSR count). The summed E-state index contributed by atoms with van der Waals surface area (Å²) in [6.07, 6.45) is -1.72. The summed E-state index contributed by atoms with van der Waals surface area (Å²) in [5.74, 6) is 0.818. The van der Waals surface area contributed by atoms with Crippen LogP contribution in [-0.2, 0) is 4.79 Å². The summed E-state index contributed by atoms with van der Waals surface area (Å²) in [6, 6.07) is 19.8. The van der Waals surface area contributed by atoms with Gasteiger partial charge in [-0.05, 0) is 42.0 Å². The summed E-state index contributed by atoms with van der Waals surface area (Å²) in [4.78, 5) is 18.2. The summed E-state index contributed by atoms with van der Waals surface area (Å²) in [5, 5.41) is 13.2. The molecule has 39 heavy (non-hydrogen) atoms. The smallest absolute Gasteiger partial charge is 0.495 e. The molecule has 1 saturated heterocycles. The van der Waals surface area contributed by atoms with Crippen LogP contribution >= 0.6 is 11.8 Å². The number of rotatable bonds is 7. The number of thioether (sulfide) groups is 1. The Balaban J connectivity index is 1.27. The van der Waals surface area contributed by atoms with E-state index in [1.807, 2.05) is 36.4 Å². The second-order valence-electron chi connectivity index (χ2n) is 7.99. The van der Waals surface area contributed by atoms with Crippen molar-refractivity contribution in [3.05, 3.63) is 84.7 Å². The standard InChI is InChI=1S/C26H19F3N6O3S/c1-37-22-5-3-2-4-21(22)35-23(36)15-39-25(35)32-31-14-17-6-8-18(9-7-17)24-30-16-34(33-24)19-10-12-20(13-11-19)38-26(27,28)29/h2-14,16H,15H2,1H3/b31-14+,32-25-. The Bertz CT molecular complexity index is 1540. The van der Waals surface area contributed by atoms with Crippen molar-refractivity contribution in [1.82, 2.24) is 14.8 Å². The SMILES string of the molecule is COc1ccccc1N1C(=O)CS/C1=N\N=C\c1ccc(-c2ncn(-c3ccc(OC(F)(F)F)cc3)n2)cc1. The fraction of sp³-hybridized carbons (Fsp3) is 0.115. The van der Waals surface area contributed by atoms with E-state index in [1.54, 1.807) is 25.5 Å². The van der Waals surface area contributed by atoms with Gasteiger partial charge in [-0.2, -0.15) is 5.10 Å². The molecule has 1 aliphatic rings. The van der Waals surface area contributed by atoms with E-state index >= 15 is 0 Å². The molecule has 0 aliphatic carbocycles. The van der Waals surface area contributed by atoms with Gasteiger partial charge in [-0.15, -0.1) is 23.4 Å². The maximum Gasteiger partial charge on any atom is 0.573 e. The number of amidine groups is 1. The van der Waals surface area contributed by atoms with Gasteiger partial charge < -0.3 is 9.47 Å². The molecule has 1 aliphatic heterocycles. The van der Waals surface area contributed by atoms with Crippen molar-refractivity contribution in [3.8, 4) is 28.6 Å². The van der Waals surface area contributed by atoms with Crippen LogP contribution in [0.2, 0.25) is 0 Å². The van der Waals surface area contributed by atoms with E-state index in [0.717, 1.165) is 11.1 Å². The maximum absolute atomic E-state index is 12.5. The number of carbonyl (C=O) groups excluding carboxylic acids is 1. The number of alkyl halides is 3. The van der Waals surface area contributed by atoms with Crippen LogP contribution in [0.5, 0.6) is 11.5 Å². The van der Waals surface area contributed by atoms with Gasteiger partial charge in [-0.3, -0.25) is 9.69 Å². The zero-order valence-corrected chi connectivity index (χ0v) is 21.1. The number of methoxy groups -OCH3 is 1. The van der Waals surface area contributed by atoms with Gasteiger partial charge in [0.15, 0.2) is 11.0 Å². The molecule has 2 heterocycles. The lowest BCUT2D eigenvalue weighted by molar-refractivity contribution is -0.274. The molecular formula is C26H19F3N6O3S. The molecule has 0 saturated carbocycles. The molecule has 0 unspecified atom stereocenters. The molecule has 3 aromatic carbocycles. The van der Waals surface area contributed by atoms with Crippen LogP contribution in [0.1, 0.15) is 5.56 Å². The Morgan fingerprint density at radius 1 is 1.03 bits per heavy atom. The first-order valence-electron chi connectivity index (χ1n) is 11.4. The molecule has 198 valence electrons. The number of nitrogens with zero attached hydrogens (tertiary/aromatic N) is 6. The van der Waals surface area contributed by atoms with Crippen LogP contribution in [0, 0.1) is 0 Å². The molecule has 4 aromatic rings. The summed E-state index contributed by atoms with van der Waals surface area (Å²) in [7, 11) is 1.54. The minimum Gasteiger partial charge on any atom is -0.495 e. The Morgan fingerprint density at radius 3 is 2.49 bits per heavy atom. The highest BCUT2D eigenvalue weighted by Gasteiger charge is 2.32. The normalized spacial score (nSPS) is 14.9. The van der Waals surface area contributed by atoms with Gasteiger partial charge in [0.1, 0.15) is 17.8 Å². The van der Waals surface area contributed by atoms with Gasteiger partial charge in [0.25, 0.3) is 0 Å². The van der Waals surface area contributed by atoms with Crippen LogP contribution in [0.4, 0.5) is 18.9 Å². The topological polar surface area (TPSA) is 94.2 Å². The second-order valence-corrected chi connectivity index (χ2v) is 8.94. The number of carbonyl (C=O) groups is 1. The van der Waals surface area contributed by atoms with Crippen molar-refractivity contribution in [1.29, 1.82) is 0 Å². The van der Waals surface area contributed by atoms with Crippen molar-refractivity contribution >= 4 is 34.7 Å². The minimum atomic E-state index is -4.75. The summed E-state index contributed by atoms with van der Waals surface area (Å²) in [5.41, 5.74) is 2.62. The third-order valence-corrected chi connectivity index (χ3v) is 6.35. The summed E-state index contributed by atoms with van der Waals surface area (Å²) >= 11 is 1.29. The highest BCUT2D eigenvalue weighted by atomic mass is 32.2. The number of hydrogen-bond donors (Lipinski definition) is 0. The molecule has 0 bridgehead atoms. The molecule has 0 atom stereocenters. The van der Waals surface area contributed by atoms with Crippen LogP contribution in [0.25, 0.3) is 17.1 Å². The Morgan fingerprint density at radius 2 is 1.77 bits per heavy atom. The zero-order chi connectivity index (χ0) is 27.4. The number of halogens is 3. The Kier molecular flexibility index (Phi) is 7.32. The van der Waals surface area contributed by atoms with Crippen molar-refractivity contribution < 1.29 is 27.4 Å². The van der Waals surface area contributed by atoms with Crippen LogP contribution < -0.4 is 14.4 Å². The zero-order valence-electron chi connectivity index (χ0n) is 20.2. The van der Waals surface area contributed by atoms with E-state index in [9.17, 15) is 18.0 Å². The molecule has 1 amide bonds.